The smallest absolute Gasteiger partial charge is 0.128 e. The maximum atomic E-state index is 6.22. The summed E-state index contributed by atoms with van der Waals surface area (Å²) in [6, 6.07) is 4.81. The molecule has 2 fully saturated rings. The molecule has 21 heavy (non-hydrogen) atoms. The molecule has 0 radical (unpaired) electrons. The van der Waals surface area contributed by atoms with Gasteiger partial charge in [0.1, 0.15) is 5.82 Å². The Labute approximate surface area is 132 Å². The fourth-order valence-corrected chi connectivity index (χ4v) is 3.97. The van der Waals surface area contributed by atoms with E-state index in [0.29, 0.717) is 0 Å². The molecular weight excluding hydrogens is 284 g/mol. The summed E-state index contributed by atoms with van der Waals surface area (Å²) in [6.07, 6.45) is 3.92. The van der Waals surface area contributed by atoms with E-state index in [9.17, 15) is 0 Å². The van der Waals surface area contributed by atoms with Gasteiger partial charge in [0.05, 0.1) is 10.7 Å². The molecule has 0 aromatic carbocycles. The number of pyridine rings is 1. The molecule has 0 bridgehead atoms. The summed E-state index contributed by atoms with van der Waals surface area (Å²) < 4.78 is 0. The van der Waals surface area contributed by atoms with Crippen LogP contribution in [0.25, 0.3) is 0 Å². The molecule has 1 N–H and O–H groups in total. The minimum atomic E-state index is 0.718. The quantitative estimate of drug-likeness (QED) is 0.929. The van der Waals surface area contributed by atoms with E-state index in [-0.39, 0.29) is 0 Å². The van der Waals surface area contributed by atoms with E-state index in [4.69, 9.17) is 16.6 Å². The number of hydrogen-bond donors (Lipinski definition) is 1. The van der Waals surface area contributed by atoms with Crippen LogP contribution < -0.4 is 10.2 Å². The van der Waals surface area contributed by atoms with Crippen LogP contribution in [0.1, 0.15) is 25.0 Å². The lowest BCUT2D eigenvalue weighted by atomic mass is 9.84. The van der Waals surface area contributed by atoms with Crippen LogP contribution in [0.4, 0.5) is 5.82 Å². The number of rotatable bonds is 3. The van der Waals surface area contributed by atoms with Crippen molar-refractivity contribution < 1.29 is 0 Å². The van der Waals surface area contributed by atoms with Gasteiger partial charge >= 0.3 is 0 Å². The molecule has 2 saturated heterocycles. The zero-order chi connectivity index (χ0) is 14.8. The summed E-state index contributed by atoms with van der Waals surface area (Å²) in [6.45, 7) is 4.20. The van der Waals surface area contributed by atoms with Gasteiger partial charge < -0.3 is 15.1 Å². The third kappa shape index (κ3) is 3.17. The average Bonchev–Trinajstić information content (AvgIpc) is 2.50. The fourth-order valence-electron chi connectivity index (χ4n) is 3.80. The molecule has 1 aromatic rings. The minimum Gasteiger partial charge on any atom is -0.356 e. The lowest BCUT2D eigenvalue weighted by Crippen LogP contribution is -2.52. The number of nitrogens with zero attached hydrogens (tertiary/aromatic N) is 3. The van der Waals surface area contributed by atoms with Crippen LogP contribution in [0, 0.1) is 5.92 Å². The number of fused-ring (bicyclic) bond motifs is 1. The molecule has 0 saturated carbocycles. The van der Waals surface area contributed by atoms with Crippen molar-refractivity contribution in [1.29, 1.82) is 0 Å². The molecule has 5 heteroatoms. The lowest BCUT2D eigenvalue weighted by Gasteiger charge is -2.46. The van der Waals surface area contributed by atoms with Gasteiger partial charge in [0.25, 0.3) is 0 Å². The molecule has 1 aromatic heterocycles. The largest absolute Gasteiger partial charge is 0.356 e. The SMILES string of the molecule is CNCc1nc(N2CCC3C(CCCN3C)C2)ccc1Cl. The normalized spacial score (nSPS) is 26.7. The second kappa shape index (κ2) is 6.51. The molecule has 0 aliphatic carbocycles. The number of likely N-dealkylation sites (tertiary alicyclic amines) is 1. The summed E-state index contributed by atoms with van der Waals surface area (Å²) in [5, 5.41) is 3.88. The van der Waals surface area contributed by atoms with Crippen molar-refractivity contribution in [1.82, 2.24) is 15.2 Å². The second-order valence-electron chi connectivity index (χ2n) is 6.31. The van der Waals surface area contributed by atoms with Crippen LogP contribution in [-0.2, 0) is 6.54 Å². The number of halogens is 1. The van der Waals surface area contributed by atoms with Gasteiger partial charge in [-0.25, -0.2) is 4.98 Å². The molecule has 4 nitrogen and oxygen atoms in total. The first kappa shape index (κ1) is 15.1. The van der Waals surface area contributed by atoms with Crippen molar-refractivity contribution in [2.24, 2.45) is 5.92 Å². The highest BCUT2D eigenvalue weighted by Gasteiger charge is 2.34. The lowest BCUT2D eigenvalue weighted by molar-refractivity contribution is 0.102. The Morgan fingerprint density at radius 3 is 3.00 bits per heavy atom. The van der Waals surface area contributed by atoms with Gasteiger partial charge in [-0.05, 0) is 58.0 Å². The van der Waals surface area contributed by atoms with Gasteiger partial charge in [-0.1, -0.05) is 11.6 Å². The summed E-state index contributed by atoms with van der Waals surface area (Å²) in [5.41, 5.74) is 0.944. The Bertz CT molecular complexity index is 493. The first-order chi connectivity index (χ1) is 10.2. The van der Waals surface area contributed by atoms with Crippen molar-refractivity contribution in [3.05, 3.63) is 22.8 Å². The first-order valence-corrected chi connectivity index (χ1v) is 8.32. The van der Waals surface area contributed by atoms with E-state index in [1.54, 1.807) is 0 Å². The van der Waals surface area contributed by atoms with Crippen molar-refractivity contribution in [2.75, 3.05) is 38.6 Å². The predicted octanol–water partition coefficient (Wildman–Crippen LogP) is 2.37. The molecule has 0 spiro atoms. The van der Waals surface area contributed by atoms with Crippen LogP contribution in [0.2, 0.25) is 5.02 Å². The Balaban J connectivity index is 1.74. The van der Waals surface area contributed by atoms with Gasteiger partial charge in [-0.3, -0.25) is 0 Å². The van der Waals surface area contributed by atoms with Crippen LogP contribution in [-0.4, -0.2) is 49.7 Å². The second-order valence-corrected chi connectivity index (χ2v) is 6.72. The summed E-state index contributed by atoms with van der Waals surface area (Å²) in [4.78, 5) is 9.75. The van der Waals surface area contributed by atoms with Gasteiger partial charge in [-0.2, -0.15) is 0 Å². The fraction of sp³-hybridized carbons (Fsp3) is 0.688. The maximum absolute atomic E-state index is 6.22. The van der Waals surface area contributed by atoms with E-state index < -0.39 is 0 Å². The Hall–Kier alpha value is -0.840. The standard InChI is InChI=1S/C16H25ClN4/c1-18-10-14-13(17)5-6-16(19-14)21-9-7-15-12(11-21)4-3-8-20(15)2/h5-6,12,15,18H,3-4,7-11H2,1-2H3. The first-order valence-electron chi connectivity index (χ1n) is 7.94. The van der Waals surface area contributed by atoms with E-state index in [1.165, 1.54) is 25.8 Å². The van der Waals surface area contributed by atoms with Gasteiger partial charge in [0, 0.05) is 25.7 Å². The monoisotopic (exact) mass is 308 g/mol. The van der Waals surface area contributed by atoms with Crippen LogP contribution in [0.5, 0.6) is 0 Å². The van der Waals surface area contributed by atoms with Crippen molar-refractivity contribution in [2.45, 2.75) is 31.8 Å². The number of hydrogen-bond acceptors (Lipinski definition) is 4. The summed E-state index contributed by atoms with van der Waals surface area (Å²) in [5.74, 6) is 1.86. The van der Waals surface area contributed by atoms with E-state index in [1.807, 2.05) is 13.1 Å². The molecule has 3 rings (SSSR count). The highest BCUT2D eigenvalue weighted by atomic mass is 35.5. The molecule has 3 heterocycles. The molecular formula is C16H25ClN4. The number of aromatic nitrogens is 1. The van der Waals surface area contributed by atoms with Crippen LogP contribution in [0.3, 0.4) is 0 Å². The topological polar surface area (TPSA) is 31.4 Å². The molecule has 116 valence electrons. The number of anilines is 1. The van der Waals surface area contributed by atoms with E-state index >= 15 is 0 Å². The zero-order valence-corrected chi connectivity index (χ0v) is 13.7. The van der Waals surface area contributed by atoms with Crippen molar-refractivity contribution in [3.8, 4) is 0 Å². The van der Waals surface area contributed by atoms with Crippen molar-refractivity contribution >= 4 is 17.4 Å². The Morgan fingerprint density at radius 2 is 2.19 bits per heavy atom. The predicted molar refractivity (Wildman–Crippen MR) is 88.0 cm³/mol. The van der Waals surface area contributed by atoms with Crippen LogP contribution in [0.15, 0.2) is 12.1 Å². The molecule has 2 atom stereocenters. The number of nitrogens with one attached hydrogen (secondary N) is 1. The molecule has 2 aliphatic rings. The van der Waals surface area contributed by atoms with Gasteiger partial charge in [0.2, 0.25) is 0 Å². The Morgan fingerprint density at radius 1 is 1.33 bits per heavy atom. The summed E-state index contributed by atoms with van der Waals surface area (Å²) in [7, 11) is 4.20. The van der Waals surface area contributed by atoms with Gasteiger partial charge in [0.15, 0.2) is 0 Å². The Kier molecular flexibility index (Phi) is 4.67. The highest BCUT2D eigenvalue weighted by molar-refractivity contribution is 6.31. The van der Waals surface area contributed by atoms with Gasteiger partial charge in [-0.15, -0.1) is 0 Å². The summed E-state index contributed by atoms with van der Waals surface area (Å²) >= 11 is 6.22. The highest BCUT2D eigenvalue weighted by Crippen LogP contribution is 2.31. The third-order valence-corrected chi connectivity index (χ3v) is 5.26. The van der Waals surface area contributed by atoms with E-state index in [2.05, 4.69) is 28.2 Å². The molecule has 2 unspecified atom stereocenters. The third-order valence-electron chi connectivity index (χ3n) is 4.92. The van der Waals surface area contributed by atoms with Crippen molar-refractivity contribution in [3.63, 3.8) is 0 Å². The zero-order valence-electron chi connectivity index (χ0n) is 13.0. The van der Waals surface area contributed by atoms with E-state index in [0.717, 1.165) is 48.1 Å². The average molecular weight is 309 g/mol. The molecule has 2 aliphatic heterocycles. The van der Waals surface area contributed by atoms with Crippen LogP contribution >= 0.6 is 11.6 Å². The maximum Gasteiger partial charge on any atom is 0.128 e. The number of piperidine rings is 2. The minimum absolute atomic E-state index is 0.718. The molecule has 0 amide bonds.